The van der Waals surface area contributed by atoms with E-state index in [1.165, 1.54) is 12.1 Å². The second-order valence-electron chi connectivity index (χ2n) is 10.7. The van der Waals surface area contributed by atoms with E-state index in [0.717, 1.165) is 44.6 Å². The third kappa shape index (κ3) is 5.95. The minimum Gasteiger partial charge on any atom is -0.496 e. The number of aryl methyl sites for hydroxylation is 1. The molecule has 0 radical (unpaired) electrons. The highest BCUT2D eigenvalue weighted by Crippen LogP contribution is 2.43. The SMILES string of the molecule is COc1cc(OCc2cccc(Cl)c2)ccc1-c1ccc2c(c1COc1cc(F)ccc1C)C(C)=CC(C)(C)N2. The van der Waals surface area contributed by atoms with Crippen LogP contribution in [0.4, 0.5) is 10.1 Å². The first-order chi connectivity index (χ1) is 19.1. The lowest BCUT2D eigenvalue weighted by molar-refractivity contribution is 0.302. The molecule has 0 saturated carbocycles. The number of ether oxygens (including phenoxy) is 3. The summed E-state index contributed by atoms with van der Waals surface area (Å²) in [4.78, 5) is 0. The first-order valence-electron chi connectivity index (χ1n) is 13.2. The quantitative estimate of drug-likeness (QED) is 0.234. The molecule has 0 saturated heterocycles. The molecule has 0 atom stereocenters. The summed E-state index contributed by atoms with van der Waals surface area (Å²) in [6, 6.07) is 22.2. The van der Waals surface area contributed by atoms with Gasteiger partial charge in [0.2, 0.25) is 0 Å². The van der Waals surface area contributed by atoms with Crippen molar-refractivity contribution >= 4 is 22.9 Å². The molecular formula is C34H33ClFNO3. The number of benzene rings is 4. The number of nitrogens with one attached hydrogen (secondary N) is 1. The molecule has 0 aliphatic carbocycles. The van der Waals surface area contributed by atoms with Crippen molar-refractivity contribution < 1.29 is 18.6 Å². The molecule has 0 spiro atoms. The molecule has 4 aromatic rings. The lowest BCUT2D eigenvalue weighted by atomic mass is 9.85. The van der Waals surface area contributed by atoms with E-state index in [9.17, 15) is 4.39 Å². The van der Waals surface area contributed by atoms with Crippen LogP contribution in [0.2, 0.25) is 5.02 Å². The van der Waals surface area contributed by atoms with Gasteiger partial charge in [-0.05, 0) is 86.4 Å². The smallest absolute Gasteiger partial charge is 0.130 e. The fraction of sp³-hybridized carbons (Fsp3) is 0.235. The van der Waals surface area contributed by atoms with Gasteiger partial charge >= 0.3 is 0 Å². The number of fused-ring (bicyclic) bond motifs is 1. The number of anilines is 1. The van der Waals surface area contributed by atoms with E-state index in [-0.39, 0.29) is 18.0 Å². The van der Waals surface area contributed by atoms with Crippen LogP contribution in [-0.2, 0) is 13.2 Å². The van der Waals surface area contributed by atoms with E-state index in [4.69, 9.17) is 25.8 Å². The molecule has 1 heterocycles. The molecule has 40 heavy (non-hydrogen) atoms. The standard InChI is InChI=1S/C34H33ClFNO3/c1-21-9-10-25(36)16-31(21)40-20-29-27(13-14-30-33(29)22(2)18-34(3,4)37-30)28-12-11-26(17-32(28)38-5)39-19-23-7-6-8-24(35)15-23/h6-18,37H,19-20H2,1-5H3. The van der Waals surface area contributed by atoms with Gasteiger partial charge < -0.3 is 19.5 Å². The van der Waals surface area contributed by atoms with Crippen LogP contribution in [0.15, 0.2) is 78.9 Å². The molecule has 0 unspecified atom stereocenters. The van der Waals surface area contributed by atoms with E-state index in [0.29, 0.717) is 28.9 Å². The summed E-state index contributed by atoms with van der Waals surface area (Å²) in [5, 5.41) is 4.30. The lowest BCUT2D eigenvalue weighted by Crippen LogP contribution is -2.32. The van der Waals surface area contributed by atoms with Gasteiger partial charge in [0.1, 0.15) is 36.3 Å². The van der Waals surface area contributed by atoms with E-state index in [1.807, 2.05) is 49.4 Å². The number of halogens is 2. The maximum absolute atomic E-state index is 14.0. The summed E-state index contributed by atoms with van der Waals surface area (Å²) in [7, 11) is 1.65. The van der Waals surface area contributed by atoms with Crippen LogP contribution in [0.5, 0.6) is 17.2 Å². The summed E-state index contributed by atoms with van der Waals surface area (Å²) in [5.74, 6) is 1.56. The highest BCUT2D eigenvalue weighted by molar-refractivity contribution is 6.30. The minimum atomic E-state index is -0.328. The molecule has 4 aromatic carbocycles. The summed E-state index contributed by atoms with van der Waals surface area (Å²) in [6.45, 7) is 8.96. The van der Waals surface area contributed by atoms with Crippen molar-refractivity contribution in [2.75, 3.05) is 12.4 Å². The van der Waals surface area contributed by atoms with Crippen LogP contribution in [0.3, 0.4) is 0 Å². The van der Waals surface area contributed by atoms with Gasteiger partial charge in [-0.25, -0.2) is 4.39 Å². The molecule has 0 aromatic heterocycles. The molecule has 0 fully saturated rings. The number of methoxy groups -OCH3 is 1. The maximum atomic E-state index is 14.0. The first-order valence-corrected chi connectivity index (χ1v) is 13.6. The fourth-order valence-corrected chi connectivity index (χ4v) is 5.47. The lowest BCUT2D eigenvalue weighted by Gasteiger charge is -2.33. The summed E-state index contributed by atoms with van der Waals surface area (Å²) in [6.07, 6.45) is 2.22. The second kappa shape index (κ2) is 11.3. The Hall–Kier alpha value is -3.96. The van der Waals surface area contributed by atoms with Crippen LogP contribution in [0, 0.1) is 12.7 Å². The Kier molecular flexibility index (Phi) is 7.77. The summed E-state index contributed by atoms with van der Waals surface area (Å²) in [5.41, 5.74) is 7.80. The Morgan fingerprint density at radius 1 is 0.850 bits per heavy atom. The van der Waals surface area contributed by atoms with Crippen LogP contribution in [0.25, 0.3) is 16.7 Å². The fourth-order valence-electron chi connectivity index (χ4n) is 5.26. The van der Waals surface area contributed by atoms with E-state index in [2.05, 4.69) is 44.3 Å². The average Bonchev–Trinajstić information content (AvgIpc) is 2.91. The molecule has 1 N–H and O–H groups in total. The third-order valence-electron chi connectivity index (χ3n) is 7.02. The zero-order chi connectivity index (χ0) is 28.4. The van der Waals surface area contributed by atoms with Crippen molar-refractivity contribution in [1.82, 2.24) is 0 Å². The molecule has 5 rings (SSSR count). The van der Waals surface area contributed by atoms with Gasteiger partial charge in [-0.2, -0.15) is 0 Å². The largest absolute Gasteiger partial charge is 0.496 e. The van der Waals surface area contributed by atoms with E-state index in [1.54, 1.807) is 13.2 Å². The normalized spacial score (nSPS) is 13.6. The Morgan fingerprint density at radius 3 is 2.42 bits per heavy atom. The predicted octanol–water partition coefficient (Wildman–Crippen LogP) is 9.23. The summed E-state index contributed by atoms with van der Waals surface area (Å²) < 4.78 is 32.2. The van der Waals surface area contributed by atoms with Gasteiger partial charge in [0.05, 0.1) is 12.6 Å². The van der Waals surface area contributed by atoms with Crippen molar-refractivity contribution in [1.29, 1.82) is 0 Å². The van der Waals surface area contributed by atoms with Crippen molar-refractivity contribution in [2.45, 2.75) is 46.4 Å². The molecule has 206 valence electrons. The van der Waals surface area contributed by atoms with Crippen molar-refractivity contribution in [3.05, 3.63) is 112 Å². The van der Waals surface area contributed by atoms with Crippen molar-refractivity contribution in [3.63, 3.8) is 0 Å². The van der Waals surface area contributed by atoms with Crippen molar-refractivity contribution in [2.24, 2.45) is 0 Å². The monoisotopic (exact) mass is 557 g/mol. The van der Waals surface area contributed by atoms with E-state index >= 15 is 0 Å². The van der Waals surface area contributed by atoms with Crippen LogP contribution >= 0.6 is 11.6 Å². The van der Waals surface area contributed by atoms with Gasteiger partial charge in [0.25, 0.3) is 0 Å². The number of allylic oxidation sites excluding steroid dienone is 1. The zero-order valence-corrected chi connectivity index (χ0v) is 24.2. The number of hydrogen-bond acceptors (Lipinski definition) is 4. The Bertz CT molecular complexity index is 1590. The average molecular weight is 558 g/mol. The van der Waals surface area contributed by atoms with Gasteiger partial charge in [-0.15, -0.1) is 0 Å². The van der Waals surface area contributed by atoms with Gasteiger partial charge in [0, 0.05) is 39.5 Å². The highest BCUT2D eigenvalue weighted by atomic mass is 35.5. The minimum absolute atomic E-state index is 0.185. The number of rotatable bonds is 8. The predicted molar refractivity (Wildman–Crippen MR) is 161 cm³/mol. The van der Waals surface area contributed by atoms with Gasteiger partial charge in [-0.3, -0.25) is 0 Å². The topological polar surface area (TPSA) is 39.7 Å². The van der Waals surface area contributed by atoms with Crippen LogP contribution < -0.4 is 19.5 Å². The first kappa shape index (κ1) is 27.6. The van der Waals surface area contributed by atoms with Gasteiger partial charge in [0.15, 0.2) is 0 Å². The summed E-state index contributed by atoms with van der Waals surface area (Å²) >= 11 is 6.12. The molecule has 4 nitrogen and oxygen atoms in total. The third-order valence-corrected chi connectivity index (χ3v) is 7.26. The Morgan fingerprint density at radius 2 is 1.65 bits per heavy atom. The number of hydrogen-bond donors (Lipinski definition) is 1. The molecule has 6 heteroatoms. The van der Waals surface area contributed by atoms with Crippen LogP contribution in [-0.4, -0.2) is 12.6 Å². The highest BCUT2D eigenvalue weighted by Gasteiger charge is 2.27. The van der Waals surface area contributed by atoms with Crippen LogP contribution in [0.1, 0.15) is 43.0 Å². The molecule has 0 bridgehead atoms. The van der Waals surface area contributed by atoms with Gasteiger partial charge in [-0.1, -0.05) is 41.9 Å². The van der Waals surface area contributed by atoms with Crippen molar-refractivity contribution in [3.8, 4) is 28.4 Å². The Balaban J connectivity index is 1.54. The van der Waals surface area contributed by atoms with E-state index < -0.39 is 0 Å². The Labute approximate surface area is 240 Å². The second-order valence-corrected chi connectivity index (χ2v) is 11.1. The zero-order valence-electron chi connectivity index (χ0n) is 23.4. The maximum Gasteiger partial charge on any atom is 0.130 e. The molecule has 1 aliphatic rings. The molecule has 0 amide bonds. The molecule has 1 aliphatic heterocycles. The molecular weight excluding hydrogens is 525 g/mol.